The van der Waals surface area contributed by atoms with Crippen molar-refractivity contribution in [3.8, 4) is 0 Å². The molecule has 9 heteroatoms. The molecule has 0 bridgehead atoms. The first-order valence-electron chi connectivity index (χ1n) is 9.21. The number of rotatable bonds is 6. The molecule has 2 aromatic rings. The first kappa shape index (κ1) is 23.7. The summed E-state index contributed by atoms with van der Waals surface area (Å²) in [5, 5.41) is 0. The van der Waals surface area contributed by atoms with Crippen LogP contribution in [0.1, 0.15) is 31.1 Å². The van der Waals surface area contributed by atoms with Gasteiger partial charge in [0.15, 0.2) is 0 Å². The molecule has 2 rings (SSSR count). The zero-order valence-electron chi connectivity index (χ0n) is 17.3. The van der Waals surface area contributed by atoms with Crippen LogP contribution in [0.2, 0.25) is 0 Å². The summed E-state index contributed by atoms with van der Waals surface area (Å²) in [6.45, 7) is 3.62. The van der Waals surface area contributed by atoms with Crippen molar-refractivity contribution in [3.05, 3.63) is 60.2 Å². The largest absolute Gasteiger partial charge is 0.406 e. The third-order valence-electron chi connectivity index (χ3n) is 4.18. The van der Waals surface area contributed by atoms with Crippen LogP contribution >= 0.6 is 0 Å². The van der Waals surface area contributed by atoms with Gasteiger partial charge in [-0.3, -0.25) is 9.10 Å². The molecule has 0 saturated heterocycles. The molecule has 1 amide bonds. The summed E-state index contributed by atoms with van der Waals surface area (Å²) in [6.07, 6.45) is -4.57. The van der Waals surface area contributed by atoms with E-state index in [4.69, 9.17) is 0 Å². The number of sulfonamides is 1. The molecule has 0 unspecified atom stereocenters. The number of halogens is 3. The SMILES string of the molecule is CN(c1ccccc1)S(=O)(=O)c1cccc(C(=O)N(CC(C)(C)C)CC(F)(F)F)c1. The van der Waals surface area contributed by atoms with Crippen LogP contribution in [0, 0.1) is 5.41 Å². The smallest absolute Gasteiger partial charge is 0.329 e. The minimum absolute atomic E-state index is 0.119. The van der Waals surface area contributed by atoms with Gasteiger partial charge in [-0.25, -0.2) is 8.42 Å². The zero-order valence-corrected chi connectivity index (χ0v) is 18.1. The summed E-state index contributed by atoms with van der Waals surface area (Å²) in [4.78, 5) is 13.4. The molecule has 0 radical (unpaired) electrons. The highest BCUT2D eigenvalue weighted by molar-refractivity contribution is 7.92. The molecular formula is C21H25F3N2O3S. The number of carbonyl (C=O) groups excluding carboxylic acids is 1. The van der Waals surface area contributed by atoms with Crippen LogP contribution in [0.3, 0.4) is 0 Å². The lowest BCUT2D eigenvalue weighted by Crippen LogP contribution is -2.43. The molecular weight excluding hydrogens is 417 g/mol. The predicted molar refractivity (Wildman–Crippen MR) is 110 cm³/mol. The van der Waals surface area contributed by atoms with Crippen LogP contribution in [-0.4, -0.2) is 45.5 Å². The Morgan fingerprint density at radius 3 is 2.07 bits per heavy atom. The van der Waals surface area contributed by atoms with E-state index < -0.39 is 34.1 Å². The fraction of sp³-hybridized carbons (Fsp3) is 0.381. The van der Waals surface area contributed by atoms with Crippen molar-refractivity contribution in [3.63, 3.8) is 0 Å². The maximum atomic E-state index is 13.0. The van der Waals surface area contributed by atoms with E-state index in [-0.39, 0.29) is 17.0 Å². The number of nitrogens with zero attached hydrogens (tertiary/aromatic N) is 2. The predicted octanol–water partition coefficient (Wildman–Crippen LogP) is 4.56. The Labute approximate surface area is 175 Å². The van der Waals surface area contributed by atoms with Crippen molar-refractivity contribution >= 4 is 21.6 Å². The highest BCUT2D eigenvalue weighted by Gasteiger charge is 2.35. The van der Waals surface area contributed by atoms with Gasteiger partial charge in [0.05, 0.1) is 10.6 Å². The molecule has 0 saturated carbocycles. The molecule has 0 aliphatic rings. The lowest BCUT2D eigenvalue weighted by Gasteiger charge is -2.31. The van der Waals surface area contributed by atoms with Gasteiger partial charge in [-0.05, 0) is 35.7 Å². The second kappa shape index (κ2) is 8.67. The number of hydrogen-bond acceptors (Lipinski definition) is 3. The number of para-hydroxylation sites is 1. The molecule has 0 atom stereocenters. The van der Waals surface area contributed by atoms with Gasteiger partial charge in [-0.2, -0.15) is 13.2 Å². The molecule has 0 spiro atoms. The van der Waals surface area contributed by atoms with Gasteiger partial charge >= 0.3 is 6.18 Å². The van der Waals surface area contributed by atoms with Crippen molar-refractivity contribution in [2.75, 3.05) is 24.4 Å². The van der Waals surface area contributed by atoms with E-state index in [1.807, 2.05) is 0 Å². The number of carbonyl (C=O) groups is 1. The first-order chi connectivity index (χ1) is 13.7. The molecule has 0 fully saturated rings. The van der Waals surface area contributed by atoms with Crippen LogP contribution < -0.4 is 4.31 Å². The first-order valence-corrected chi connectivity index (χ1v) is 10.6. The molecule has 0 aliphatic carbocycles. The van der Waals surface area contributed by atoms with Crippen molar-refractivity contribution in [1.82, 2.24) is 4.90 Å². The molecule has 0 heterocycles. The lowest BCUT2D eigenvalue weighted by atomic mass is 9.95. The Morgan fingerprint density at radius 2 is 1.53 bits per heavy atom. The second-order valence-electron chi connectivity index (χ2n) is 8.17. The Kier molecular flexibility index (Phi) is 6.86. The van der Waals surface area contributed by atoms with Gasteiger partial charge in [0, 0.05) is 19.2 Å². The molecule has 164 valence electrons. The van der Waals surface area contributed by atoms with Crippen LogP contribution in [0.25, 0.3) is 0 Å². The van der Waals surface area contributed by atoms with E-state index in [1.165, 1.54) is 25.2 Å². The number of amides is 1. The summed E-state index contributed by atoms with van der Waals surface area (Å²) >= 11 is 0. The monoisotopic (exact) mass is 442 g/mol. The standard InChI is InChI=1S/C21H25F3N2O3S/c1-20(2,3)14-26(15-21(22,23)24)19(27)16-9-8-12-18(13-16)30(28,29)25(4)17-10-6-5-7-11-17/h5-13H,14-15H2,1-4H3. The van der Waals surface area contributed by atoms with Gasteiger partial charge in [0.2, 0.25) is 0 Å². The summed E-state index contributed by atoms with van der Waals surface area (Å²) in [5.74, 6) is -0.873. The van der Waals surface area contributed by atoms with Crippen LogP contribution in [0.5, 0.6) is 0 Å². The van der Waals surface area contributed by atoms with Crippen LogP contribution in [-0.2, 0) is 10.0 Å². The maximum Gasteiger partial charge on any atom is 0.406 e. The van der Waals surface area contributed by atoms with E-state index in [2.05, 4.69) is 0 Å². The van der Waals surface area contributed by atoms with Crippen LogP contribution in [0.15, 0.2) is 59.5 Å². The third kappa shape index (κ3) is 6.22. The molecule has 5 nitrogen and oxygen atoms in total. The quantitative estimate of drug-likeness (QED) is 0.659. The Morgan fingerprint density at radius 1 is 0.933 bits per heavy atom. The normalized spacial score (nSPS) is 12.5. The molecule has 0 aromatic heterocycles. The number of alkyl halides is 3. The summed E-state index contributed by atoms with van der Waals surface area (Å²) < 4.78 is 66.0. The highest BCUT2D eigenvalue weighted by Crippen LogP contribution is 2.25. The number of hydrogen-bond donors (Lipinski definition) is 0. The third-order valence-corrected chi connectivity index (χ3v) is 5.96. The van der Waals surface area contributed by atoms with E-state index >= 15 is 0 Å². The molecule has 2 aromatic carbocycles. The van der Waals surface area contributed by atoms with Gasteiger partial charge in [-0.15, -0.1) is 0 Å². The summed E-state index contributed by atoms with van der Waals surface area (Å²) in [7, 11) is -2.63. The van der Waals surface area contributed by atoms with Crippen molar-refractivity contribution in [2.45, 2.75) is 31.8 Å². The Balaban J connectivity index is 2.39. The fourth-order valence-corrected chi connectivity index (χ4v) is 4.14. The fourth-order valence-electron chi connectivity index (χ4n) is 2.90. The summed E-state index contributed by atoms with van der Waals surface area (Å²) in [6, 6.07) is 13.4. The van der Waals surface area contributed by atoms with E-state index in [0.29, 0.717) is 10.6 Å². The average Bonchev–Trinajstić information content (AvgIpc) is 2.65. The van der Waals surface area contributed by atoms with Gasteiger partial charge in [0.1, 0.15) is 6.54 Å². The minimum Gasteiger partial charge on any atom is -0.329 e. The second-order valence-corrected chi connectivity index (χ2v) is 10.1. The van der Waals surface area contributed by atoms with E-state index in [1.54, 1.807) is 51.1 Å². The molecule has 0 aliphatic heterocycles. The van der Waals surface area contributed by atoms with E-state index in [9.17, 15) is 26.4 Å². The minimum atomic E-state index is -4.57. The molecule has 30 heavy (non-hydrogen) atoms. The van der Waals surface area contributed by atoms with Crippen molar-refractivity contribution < 1.29 is 26.4 Å². The Hall–Kier alpha value is -2.55. The molecule has 0 N–H and O–H groups in total. The van der Waals surface area contributed by atoms with Crippen molar-refractivity contribution in [1.29, 1.82) is 0 Å². The lowest BCUT2D eigenvalue weighted by molar-refractivity contribution is -0.142. The number of anilines is 1. The average molecular weight is 443 g/mol. The zero-order chi connectivity index (χ0) is 22.7. The van der Waals surface area contributed by atoms with Crippen LogP contribution in [0.4, 0.5) is 18.9 Å². The van der Waals surface area contributed by atoms with Gasteiger partial charge in [-0.1, -0.05) is 45.0 Å². The number of benzene rings is 2. The maximum absolute atomic E-state index is 13.0. The summed E-state index contributed by atoms with van der Waals surface area (Å²) in [5.41, 5.74) is -0.273. The topological polar surface area (TPSA) is 57.7 Å². The van der Waals surface area contributed by atoms with Gasteiger partial charge in [0.25, 0.3) is 15.9 Å². The Bertz CT molecular complexity index is 969. The van der Waals surface area contributed by atoms with E-state index in [0.717, 1.165) is 10.4 Å². The van der Waals surface area contributed by atoms with Crippen molar-refractivity contribution in [2.24, 2.45) is 5.41 Å². The highest BCUT2D eigenvalue weighted by atomic mass is 32.2. The van der Waals surface area contributed by atoms with Gasteiger partial charge < -0.3 is 4.90 Å².